The van der Waals surface area contributed by atoms with Crippen molar-refractivity contribution in [1.29, 1.82) is 0 Å². The van der Waals surface area contributed by atoms with E-state index in [1.807, 2.05) is 6.92 Å². The number of rotatable bonds is 2. The molecule has 1 heterocycles. The highest BCUT2D eigenvalue weighted by Crippen LogP contribution is 2.32. The average molecular weight is 232 g/mol. The van der Waals surface area contributed by atoms with Gasteiger partial charge in [-0.15, -0.1) is 0 Å². The standard InChI is InChI=1S/C15H24N2/c1-12(16)13-4-6-14(7-5-13)17-10-8-15(2,3)9-11-17/h4-7,12H,8-11,16H2,1-3H3/t12-/m1/s1. The summed E-state index contributed by atoms with van der Waals surface area (Å²) in [6.45, 7) is 9.10. The lowest BCUT2D eigenvalue weighted by Crippen LogP contribution is -2.37. The van der Waals surface area contributed by atoms with Crippen molar-refractivity contribution in [2.45, 2.75) is 39.7 Å². The van der Waals surface area contributed by atoms with Crippen LogP contribution in [0.1, 0.15) is 45.2 Å². The first kappa shape index (κ1) is 12.4. The van der Waals surface area contributed by atoms with Crippen LogP contribution in [0.3, 0.4) is 0 Å². The van der Waals surface area contributed by atoms with Crippen molar-refractivity contribution in [1.82, 2.24) is 0 Å². The number of hydrogen-bond acceptors (Lipinski definition) is 2. The van der Waals surface area contributed by atoms with Crippen LogP contribution in [-0.2, 0) is 0 Å². The minimum Gasteiger partial charge on any atom is -0.371 e. The highest BCUT2D eigenvalue weighted by Gasteiger charge is 2.25. The molecule has 1 aromatic carbocycles. The Bertz CT molecular complexity index is 355. The third kappa shape index (κ3) is 3.01. The van der Waals surface area contributed by atoms with Gasteiger partial charge in [-0.1, -0.05) is 26.0 Å². The fraction of sp³-hybridized carbons (Fsp3) is 0.600. The first-order valence-corrected chi connectivity index (χ1v) is 6.58. The summed E-state index contributed by atoms with van der Waals surface area (Å²) in [5.74, 6) is 0. The number of benzene rings is 1. The second kappa shape index (κ2) is 4.69. The molecule has 1 fully saturated rings. The summed E-state index contributed by atoms with van der Waals surface area (Å²) in [5.41, 5.74) is 8.93. The lowest BCUT2D eigenvalue weighted by Gasteiger charge is -2.38. The Morgan fingerprint density at radius 1 is 1.12 bits per heavy atom. The van der Waals surface area contributed by atoms with Crippen LogP contribution in [0.2, 0.25) is 0 Å². The van der Waals surface area contributed by atoms with Crippen molar-refractivity contribution >= 4 is 5.69 Å². The summed E-state index contributed by atoms with van der Waals surface area (Å²) >= 11 is 0. The quantitative estimate of drug-likeness (QED) is 0.847. The van der Waals surface area contributed by atoms with Crippen LogP contribution in [0.4, 0.5) is 5.69 Å². The van der Waals surface area contributed by atoms with Gasteiger partial charge in [0.1, 0.15) is 0 Å². The molecule has 2 N–H and O–H groups in total. The molecule has 0 radical (unpaired) electrons. The molecule has 17 heavy (non-hydrogen) atoms. The molecular weight excluding hydrogens is 208 g/mol. The molecule has 1 aromatic rings. The van der Waals surface area contributed by atoms with Crippen molar-refractivity contribution in [3.8, 4) is 0 Å². The molecule has 1 aliphatic rings. The summed E-state index contributed by atoms with van der Waals surface area (Å²) in [6, 6.07) is 8.84. The van der Waals surface area contributed by atoms with Crippen LogP contribution < -0.4 is 10.6 Å². The first-order chi connectivity index (χ1) is 7.98. The molecule has 0 saturated carbocycles. The van der Waals surface area contributed by atoms with Gasteiger partial charge < -0.3 is 10.6 Å². The van der Waals surface area contributed by atoms with Gasteiger partial charge in [-0.2, -0.15) is 0 Å². The maximum Gasteiger partial charge on any atom is 0.0366 e. The predicted octanol–water partition coefficient (Wildman–Crippen LogP) is 3.33. The molecule has 0 bridgehead atoms. The first-order valence-electron chi connectivity index (χ1n) is 6.58. The second-order valence-corrected chi connectivity index (χ2v) is 6.03. The highest BCUT2D eigenvalue weighted by molar-refractivity contribution is 5.48. The van der Waals surface area contributed by atoms with E-state index < -0.39 is 0 Å². The van der Waals surface area contributed by atoms with Gasteiger partial charge in [0.15, 0.2) is 0 Å². The molecular formula is C15H24N2. The Kier molecular flexibility index (Phi) is 3.43. The normalized spacial score (nSPS) is 21.3. The molecule has 2 heteroatoms. The Labute approximate surface area is 105 Å². The number of hydrogen-bond donors (Lipinski definition) is 1. The number of anilines is 1. The number of nitrogens with two attached hydrogens (primary N) is 1. The Morgan fingerprint density at radius 2 is 1.65 bits per heavy atom. The van der Waals surface area contributed by atoms with Gasteiger partial charge in [0.05, 0.1) is 0 Å². The molecule has 0 aliphatic carbocycles. The summed E-state index contributed by atoms with van der Waals surface area (Å²) < 4.78 is 0. The highest BCUT2D eigenvalue weighted by atomic mass is 15.1. The minimum absolute atomic E-state index is 0.129. The van der Waals surface area contributed by atoms with Crippen LogP contribution in [0.25, 0.3) is 0 Å². The van der Waals surface area contributed by atoms with E-state index in [-0.39, 0.29) is 6.04 Å². The van der Waals surface area contributed by atoms with Crippen LogP contribution >= 0.6 is 0 Å². The fourth-order valence-electron chi connectivity index (χ4n) is 2.36. The monoisotopic (exact) mass is 232 g/mol. The summed E-state index contributed by atoms with van der Waals surface area (Å²) in [5, 5.41) is 0. The van der Waals surface area contributed by atoms with Crippen molar-refractivity contribution < 1.29 is 0 Å². The Balaban J connectivity index is 2.04. The third-order valence-electron chi connectivity index (χ3n) is 3.90. The van der Waals surface area contributed by atoms with Crippen LogP contribution in [0.15, 0.2) is 24.3 Å². The van der Waals surface area contributed by atoms with Gasteiger partial charge in [-0.3, -0.25) is 0 Å². The van der Waals surface area contributed by atoms with Gasteiger partial charge in [-0.25, -0.2) is 0 Å². The molecule has 94 valence electrons. The minimum atomic E-state index is 0.129. The van der Waals surface area contributed by atoms with Crippen molar-refractivity contribution in [2.24, 2.45) is 11.1 Å². The van der Waals surface area contributed by atoms with Crippen LogP contribution in [-0.4, -0.2) is 13.1 Å². The molecule has 0 aromatic heterocycles. The van der Waals surface area contributed by atoms with Crippen molar-refractivity contribution in [3.05, 3.63) is 29.8 Å². The molecule has 0 amide bonds. The van der Waals surface area contributed by atoms with Gasteiger partial charge in [-0.05, 0) is 42.9 Å². The summed E-state index contributed by atoms with van der Waals surface area (Å²) in [7, 11) is 0. The molecule has 2 rings (SSSR count). The molecule has 1 saturated heterocycles. The molecule has 0 unspecified atom stereocenters. The fourth-order valence-corrected chi connectivity index (χ4v) is 2.36. The van der Waals surface area contributed by atoms with E-state index in [0.717, 1.165) is 0 Å². The van der Waals surface area contributed by atoms with E-state index in [4.69, 9.17) is 5.73 Å². The lowest BCUT2D eigenvalue weighted by molar-refractivity contribution is 0.280. The van der Waals surface area contributed by atoms with E-state index in [9.17, 15) is 0 Å². The largest absolute Gasteiger partial charge is 0.371 e. The summed E-state index contributed by atoms with van der Waals surface area (Å²) in [6.07, 6.45) is 2.56. The van der Waals surface area contributed by atoms with Crippen molar-refractivity contribution in [3.63, 3.8) is 0 Å². The van der Waals surface area contributed by atoms with E-state index in [1.165, 1.54) is 37.2 Å². The molecule has 2 nitrogen and oxygen atoms in total. The Hall–Kier alpha value is -1.02. The molecule has 0 spiro atoms. The molecule has 1 aliphatic heterocycles. The van der Waals surface area contributed by atoms with Crippen LogP contribution in [0, 0.1) is 5.41 Å². The van der Waals surface area contributed by atoms with Gasteiger partial charge >= 0.3 is 0 Å². The maximum absolute atomic E-state index is 5.86. The van der Waals surface area contributed by atoms with Gasteiger partial charge in [0, 0.05) is 24.8 Å². The average Bonchev–Trinajstić information content (AvgIpc) is 2.29. The van der Waals surface area contributed by atoms with E-state index in [1.54, 1.807) is 0 Å². The second-order valence-electron chi connectivity index (χ2n) is 6.03. The zero-order chi connectivity index (χ0) is 12.5. The lowest BCUT2D eigenvalue weighted by atomic mass is 9.82. The van der Waals surface area contributed by atoms with Gasteiger partial charge in [0.2, 0.25) is 0 Å². The Morgan fingerprint density at radius 3 is 2.12 bits per heavy atom. The topological polar surface area (TPSA) is 29.3 Å². The SMILES string of the molecule is C[C@@H](N)c1ccc(N2CCC(C)(C)CC2)cc1. The third-order valence-corrected chi connectivity index (χ3v) is 3.90. The van der Waals surface area contributed by atoms with Crippen LogP contribution in [0.5, 0.6) is 0 Å². The van der Waals surface area contributed by atoms with E-state index in [0.29, 0.717) is 5.41 Å². The zero-order valence-electron chi connectivity index (χ0n) is 11.2. The maximum atomic E-state index is 5.86. The van der Waals surface area contributed by atoms with Crippen molar-refractivity contribution in [2.75, 3.05) is 18.0 Å². The zero-order valence-corrected chi connectivity index (χ0v) is 11.2. The van der Waals surface area contributed by atoms with Gasteiger partial charge in [0.25, 0.3) is 0 Å². The van der Waals surface area contributed by atoms with E-state index in [2.05, 4.69) is 43.0 Å². The summed E-state index contributed by atoms with van der Waals surface area (Å²) in [4.78, 5) is 2.48. The predicted molar refractivity (Wildman–Crippen MR) is 74.3 cm³/mol. The smallest absolute Gasteiger partial charge is 0.0366 e. The van der Waals surface area contributed by atoms with E-state index >= 15 is 0 Å². The number of piperidine rings is 1. The number of nitrogens with zero attached hydrogens (tertiary/aromatic N) is 1. The molecule has 1 atom stereocenters.